The molecule has 1 aromatic carbocycles. The highest BCUT2D eigenvalue weighted by molar-refractivity contribution is 5.89. The zero-order chi connectivity index (χ0) is 22.0. The Morgan fingerprint density at radius 3 is 2.10 bits per heavy atom. The number of ether oxygens (including phenoxy) is 2. The SMILES string of the molecule is COC(=O)[C@H](CC(C)C)NC(=O)[C@@H](OC(C)=O)[C@@H](Cc1ccccc1)NC(C)=O. The molecule has 0 spiro atoms. The van der Waals surface area contributed by atoms with Crippen LogP contribution >= 0.6 is 0 Å². The zero-order valence-corrected chi connectivity index (χ0v) is 17.6. The molecule has 0 radical (unpaired) electrons. The van der Waals surface area contributed by atoms with Crippen molar-refractivity contribution < 1.29 is 28.7 Å². The first-order chi connectivity index (χ1) is 13.6. The van der Waals surface area contributed by atoms with Crippen LogP contribution in [0.2, 0.25) is 0 Å². The number of amides is 2. The highest BCUT2D eigenvalue weighted by Crippen LogP contribution is 2.12. The summed E-state index contributed by atoms with van der Waals surface area (Å²) in [4.78, 5) is 48.4. The predicted octanol–water partition coefficient (Wildman–Crippen LogP) is 1.37. The molecule has 0 saturated heterocycles. The molecule has 0 unspecified atom stereocenters. The number of rotatable bonds is 10. The van der Waals surface area contributed by atoms with Gasteiger partial charge < -0.3 is 20.1 Å². The number of carbonyl (C=O) groups is 4. The molecule has 0 aliphatic carbocycles. The maximum Gasteiger partial charge on any atom is 0.328 e. The highest BCUT2D eigenvalue weighted by Gasteiger charge is 2.35. The van der Waals surface area contributed by atoms with Gasteiger partial charge in [0.25, 0.3) is 5.91 Å². The first-order valence-electron chi connectivity index (χ1n) is 9.50. The number of hydrogen-bond acceptors (Lipinski definition) is 6. The molecular formula is C21H30N2O6. The van der Waals surface area contributed by atoms with Gasteiger partial charge in [-0.05, 0) is 24.3 Å². The van der Waals surface area contributed by atoms with Crippen LogP contribution in [0.15, 0.2) is 30.3 Å². The van der Waals surface area contributed by atoms with E-state index >= 15 is 0 Å². The second kappa shape index (κ2) is 11.8. The largest absolute Gasteiger partial charge is 0.467 e. The van der Waals surface area contributed by atoms with Gasteiger partial charge in [0.15, 0.2) is 6.10 Å². The van der Waals surface area contributed by atoms with Gasteiger partial charge in [0.2, 0.25) is 5.91 Å². The van der Waals surface area contributed by atoms with Gasteiger partial charge in [-0.1, -0.05) is 44.2 Å². The van der Waals surface area contributed by atoms with Crippen molar-refractivity contribution in [1.82, 2.24) is 10.6 Å². The minimum absolute atomic E-state index is 0.113. The van der Waals surface area contributed by atoms with E-state index in [0.29, 0.717) is 6.42 Å². The van der Waals surface area contributed by atoms with Crippen LogP contribution in [-0.2, 0) is 35.1 Å². The van der Waals surface area contributed by atoms with Crippen molar-refractivity contribution in [2.45, 2.75) is 58.7 Å². The van der Waals surface area contributed by atoms with Crippen LogP contribution in [-0.4, -0.2) is 49.1 Å². The number of hydrogen-bond donors (Lipinski definition) is 2. The molecular weight excluding hydrogens is 376 g/mol. The number of methoxy groups -OCH3 is 1. The average Bonchev–Trinajstić information content (AvgIpc) is 2.64. The third-order valence-electron chi connectivity index (χ3n) is 4.11. The van der Waals surface area contributed by atoms with Gasteiger partial charge in [-0.15, -0.1) is 0 Å². The van der Waals surface area contributed by atoms with Gasteiger partial charge in [-0.25, -0.2) is 4.79 Å². The third kappa shape index (κ3) is 8.76. The summed E-state index contributed by atoms with van der Waals surface area (Å²) >= 11 is 0. The lowest BCUT2D eigenvalue weighted by Crippen LogP contribution is -2.56. The standard InChI is InChI=1S/C21H30N2O6/c1-13(2)11-18(21(27)28-5)23-20(26)19(29-15(4)25)17(22-14(3)24)12-16-9-7-6-8-10-16/h6-10,13,17-19H,11-12H2,1-5H3,(H,22,24)(H,23,26)/t17-,18+,19+/m1/s1. The normalized spacial score (nSPS) is 13.7. The van der Waals surface area contributed by atoms with E-state index < -0.39 is 36.0 Å². The minimum Gasteiger partial charge on any atom is -0.467 e. The zero-order valence-electron chi connectivity index (χ0n) is 17.6. The number of carbonyl (C=O) groups excluding carboxylic acids is 4. The van der Waals surface area contributed by atoms with Gasteiger partial charge in [0, 0.05) is 13.8 Å². The molecule has 2 N–H and O–H groups in total. The van der Waals surface area contributed by atoms with Crippen molar-refractivity contribution in [3.05, 3.63) is 35.9 Å². The summed E-state index contributed by atoms with van der Waals surface area (Å²) < 4.78 is 10.0. The van der Waals surface area contributed by atoms with E-state index in [1.54, 1.807) is 0 Å². The Kier molecular flexibility index (Phi) is 9.85. The highest BCUT2D eigenvalue weighted by atomic mass is 16.5. The molecule has 1 rings (SSSR count). The van der Waals surface area contributed by atoms with E-state index in [1.807, 2.05) is 44.2 Å². The molecule has 0 fully saturated rings. The topological polar surface area (TPSA) is 111 Å². The maximum absolute atomic E-state index is 13.0. The van der Waals surface area contributed by atoms with Crippen molar-refractivity contribution in [3.8, 4) is 0 Å². The fraction of sp³-hybridized carbons (Fsp3) is 0.524. The fourth-order valence-electron chi connectivity index (χ4n) is 2.94. The van der Waals surface area contributed by atoms with Crippen LogP contribution in [0.25, 0.3) is 0 Å². The fourth-order valence-corrected chi connectivity index (χ4v) is 2.94. The first-order valence-corrected chi connectivity index (χ1v) is 9.50. The smallest absolute Gasteiger partial charge is 0.328 e. The summed E-state index contributed by atoms with van der Waals surface area (Å²) in [7, 11) is 1.24. The van der Waals surface area contributed by atoms with Gasteiger partial charge in [-0.2, -0.15) is 0 Å². The summed E-state index contributed by atoms with van der Waals surface area (Å²) in [5.41, 5.74) is 0.850. The molecule has 0 aliphatic rings. The molecule has 1 aromatic rings. The van der Waals surface area contributed by atoms with Crippen molar-refractivity contribution >= 4 is 23.8 Å². The van der Waals surface area contributed by atoms with Gasteiger partial charge in [-0.3, -0.25) is 14.4 Å². The Hall–Kier alpha value is -2.90. The number of nitrogens with one attached hydrogen (secondary N) is 2. The molecule has 2 amide bonds. The van der Waals surface area contributed by atoms with Crippen LogP contribution in [0.3, 0.4) is 0 Å². The van der Waals surface area contributed by atoms with E-state index in [2.05, 4.69) is 10.6 Å². The molecule has 8 heteroatoms. The average molecular weight is 406 g/mol. The number of esters is 2. The molecule has 0 aromatic heterocycles. The van der Waals surface area contributed by atoms with Gasteiger partial charge in [0.1, 0.15) is 6.04 Å². The third-order valence-corrected chi connectivity index (χ3v) is 4.11. The summed E-state index contributed by atoms with van der Waals surface area (Å²) in [5, 5.41) is 5.28. The molecule has 8 nitrogen and oxygen atoms in total. The molecule has 0 aliphatic heterocycles. The van der Waals surface area contributed by atoms with Gasteiger partial charge >= 0.3 is 11.9 Å². The molecule has 29 heavy (non-hydrogen) atoms. The summed E-state index contributed by atoms with van der Waals surface area (Å²) in [5.74, 6) is -2.20. The van der Waals surface area contributed by atoms with E-state index in [-0.39, 0.29) is 18.2 Å². The van der Waals surface area contributed by atoms with Crippen LogP contribution in [0.5, 0.6) is 0 Å². The predicted molar refractivity (Wildman–Crippen MR) is 107 cm³/mol. The lowest BCUT2D eigenvalue weighted by Gasteiger charge is -2.28. The molecule has 0 bridgehead atoms. The summed E-state index contributed by atoms with van der Waals surface area (Å²) in [6.07, 6.45) is -0.691. The van der Waals surface area contributed by atoms with E-state index in [0.717, 1.165) is 5.56 Å². The Labute approximate surface area is 171 Å². The Bertz CT molecular complexity index is 704. The summed E-state index contributed by atoms with van der Waals surface area (Å²) in [6, 6.07) is 7.49. The Morgan fingerprint density at radius 2 is 1.62 bits per heavy atom. The minimum atomic E-state index is -1.31. The van der Waals surface area contributed by atoms with Crippen LogP contribution in [0.1, 0.15) is 39.7 Å². The van der Waals surface area contributed by atoms with Gasteiger partial charge in [0.05, 0.1) is 13.2 Å². The lowest BCUT2D eigenvalue weighted by atomic mass is 9.99. The molecule has 0 saturated carbocycles. The quantitative estimate of drug-likeness (QED) is 0.568. The van der Waals surface area contributed by atoms with Crippen LogP contribution in [0, 0.1) is 5.92 Å². The second-order valence-electron chi connectivity index (χ2n) is 7.24. The Balaban J connectivity index is 3.13. The lowest BCUT2D eigenvalue weighted by molar-refractivity contribution is -0.158. The van der Waals surface area contributed by atoms with Crippen molar-refractivity contribution in [3.63, 3.8) is 0 Å². The monoisotopic (exact) mass is 406 g/mol. The van der Waals surface area contributed by atoms with E-state index in [4.69, 9.17) is 9.47 Å². The van der Waals surface area contributed by atoms with E-state index in [1.165, 1.54) is 21.0 Å². The molecule has 0 heterocycles. The van der Waals surface area contributed by atoms with Crippen LogP contribution < -0.4 is 10.6 Å². The van der Waals surface area contributed by atoms with Crippen LogP contribution in [0.4, 0.5) is 0 Å². The second-order valence-corrected chi connectivity index (χ2v) is 7.24. The maximum atomic E-state index is 13.0. The summed E-state index contributed by atoms with van der Waals surface area (Å²) in [6.45, 7) is 6.30. The van der Waals surface area contributed by atoms with Crippen molar-refractivity contribution in [2.24, 2.45) is 5.92 Å². The van der Waals surface area contributed by atoms with Crippen molar-refractivity contribution in [1.29, 1.82) is 0 Å². The van der Waals surface area contributed by atoms with Crippen molar-refractivity contribution in [2.75, 3.05) is 7.11 Å². The molecule has 3 atom stereocenters. The number of benzene rings is 1. The Morgan fingerprint density at radius 1 is 1.00 bits per heavy atom. The molecule has 160 valence electrons. The van der Waals surface area contributed by atoms with E-state index in [9.17, 15) is 19.2 Å². The first kappa shape index (κ1) is 24.1.